The minimum atomic E-state index is 0.668. The van der Waals surface area contributed by atoms with Crippen molar-refractivity contribution in [2.24, 2.45) is 0 Å². The second kappa shape index (κ2) is 5.94. The number of rotatable bonds is 4. The first-order chi connectivity index (χ1) is 8.25. The van der Waals surface area contributed by atoms with Gasteiger partial charge in [0.1, 0.15) is 0 Å². The van der Waals surface area contributed by atoms with E-state index in [9.17, 15) is 0 Å². The van der Waals surface area contributed by atoms with Crippen LogP contribution in [0.4, 0.5) is 5.69 Å². The van der Waals surface area contributed by atoms with E-state index in [1.165, 1.54) is 5.56 Å². The first kappa shape index (κ1) is 12.3. The van der Waals surface area contributed by atoms with Crippen molar-refractivity contribution < 1.29 is 0 Å². The fourth-order valence-corrected chi connectivity index (χ4v) is 2.41. The molecular weight excluding hydrogens is 252 g/mol. The Morgan fingerprint density at radius 2 is 2.00 bits per heavy atom. The normalized spacial score (nSPS) is 10.4. The molecule has 1 aromatic carbocycles. The molecule has 0 aliphatic heterocycles. The molecule has 0 amide bonds. The highest BCUT2D eigenvalue weighted by Gasteiger charge is 2.00. The van der Waals surface area contributed by atoms with Crippen molar-refractivity contribution in [3.8, 4) is 0 Å². The Morgan fingerprint density at radius 3 is 2.71 bits per heavy atom. The van der Waals surface area contributed by atoms with Crippen molar-refractivity contribution in [2.75, 3.05) is 11.5 Å². The molecule has 0 saturated heterocycles. The fraction of sp³-hybridized carbons (Fsp3) is 0.154. The average Bonchev–Trinajstić information content (AvgIpc) is 2.34. The smallest absolute Gasteiger partial charge is 0.0961 e. The van der Waals surface area contributed by atoms with Gasteiger partial charge in [-0.25, -0.2) is 4.98 Å². The molecule has 0 bridgehead atoms. The average molecular weight is 265 g/mol. The van der Waals surface area contributed by atoms with Crippen LogP contribution in [-0.2, 0) is 6.42 Å². The Kier molecular flexibility index (Phi) is 4.29. The van der Waals surface area contributed by atoms with Gasteiger partial charge in [-0.1, -0.05) is 29.8 Å². The molecule has 17 heavy (non-hydrogen) atoms. The topological polar surface area (TPSA) is 38.9 Å². The molecule has 0 spiro atoms. The predicted molar refractivity (Wildman–Crippen MR) is 74.5 cm³/mol. The molecule has 2 nitrogen and oxygen atoms in total. The van der Waals surface area contributed by atoms with Gasteiger partial charge in [-0.3, -0.25) is 0 Å². The number of nitrogen functional groups attached to an aromatic ring is 1. The summed E-state index contributed by atoms with van der Waals surface area (Å²) in [5.41, 5.74) is 7.92. The van der Waals surface area contributed by atoms with E-state index in [4.69, 9.17) is 17.3 Å². The first-order valence-electron chi connectivity index (χ1n) is 5.33. The minimum Gasteiger partial charge on any atom is -0.399 e. The molecule has 1 heterocycles. The molecule has 0 atom stereocenters. The SMILES string of the molecule is Nc1ccccc1CCSc1ccc(Cl)cn1. The van der Waals surface area contributed by atoms with Crippen LogP contribution >= 0.6 is 23.4 Å². The molecule has 1 aromatic heterocycles. The van der Waals surface area contributed by atoms with E-state index in [1.54, 1.807) is 18.0 Å². The zero-order valence-electron chi connectivity index (χ0n) is 9.27. The van der Waals surface area contributed by atoms with E-state index in [0.29, 0.717) is 5.02 Å². The van der Waals surface area contributed by atoms with Gasteiger partial charge in [0.2, 0.25) is 0 Å². The fourth-order valence-electron chi connectivity index (χ4n) is 1.48. The molecule has 0 fully saturated rings. The van der Waals surface area contributed by atoms with Crippen LogP contribution in [0.5, 0.6) is 0 Å². The highest BCUT2D eigenvalue weighted by atomic mass is 35.5. The van der Waals surface area contributed by atoms with Crippen molar-refractivity contribution in [3.63, 3.8) is 0 Å². The highest BCUT2D eigenvalue weighted by molar-refractivity contribution is 7.99. The second-order valence-corrected chi connectivity index (χ2v) is 5.16. The Bertz CT molecular complexity index is 485. The number of thioether (sulfide) groups is 1. The van der Waals surface area contributed by atoms with Crippen LogP contribution in [0.3, 0.4) is 0 Å². The first-order valence-corrected chi connectivity index (χ1v) is 6.70. The van der Waals surface area contributed by atoms with Crippen LogP contribution in [-0.4, -0.2) is 10.7 Å². The molecule has 0 saturated carbocycles. The lowest BCUT2D eigenvalue weighted by Crippen LogP contribution is -1.95. The summed E-state index contributed by atoms with van der Waals surface area (Å²) in [6.07, 6.45) is 2.61. The number of aromatic nitrogens is 1. The highest BCUT2D eigenvalue weighted by Crippen LogP contribution is 2.20. The van der Waals surface area contributed by atoms with E-state index in [-0.39, 0.29) is 0 Å². The van der Waals surface area contributed by atoms with Gasteiger partial charge in [0, 0.05) is 17.6 Å². The lowest BCUT2D eigenvalue weighted by atomic mass is 10.1. The maximum absolute atomic E-state index is 5.88. The monoisotopic (exact) mass is 264 g/mol. The molecule has 0 unspecified atom stereocenters. The second-order valence-electron chi connectivity index (χ2n) is 3.61. The number of pyridine rings is 1. The van der Waals surface area contributed by atoms with E-state index < -0.39 is 0 Å². The molecule has 2 aromatic rings. The molecule has 0 radical (unpaired) electrons. The Morgan fingerprint density at radius 1 is 1.18 bits per heavy atom. The zero-order valence-corrected chi connectivity index (χ0v) is 10.8. The van der Waals surface area contributed by atoms with Crippen LogP contribution in [0.25, 0.3) is 0 Å². The molecule has 0 aliphatic rings. The predicted octanol–water partition coefficient (Wildman–Crippen LogP) is 3.65. The quantitative estimate of drug-likeness (QED) is 0.677. The van der Waals surface area contributed by atoms with Gasteiger partial charge in [0.25, 0.3) is 0 Å². The Hall–Kier alpha value is -1.19. The largest absolute Gasteiger partial charge is 0.399 e. The lowest BCUT2D eigenvalue weighted by molar-refractivity contribution is 1.11. The van der Waals surface area contributed by atoms with Crippen LogP contribution in [0, 0.1) is 0 Å². The Balaban J connectivity index is 1.88. The molecule has 2 N–H and O–H groups in total. The molecule has 88 valence electrons. The number of para-hydroxylation sites is 1. The minimum absolute atomic E-state index is 0.668. The number of aryl methyl sites for hydroxylation is 1. The number of nitrogens with two attached hydrogens (primary N) is 1. The third kappa shape index (κ3) is 3.65. The van der Waals surface area contributed by atoms with Gasteiger partial charge in [-0.05, 0) is 30.2 Å². The van der Waals surface area contributed by atoms with Crippen LogP contribution < -0.4 is 5.73 Å². The van der Waals surface area contributed by atoms with E-state index >= 15 is 0 Å². The van der Waals surface area contributed by atoms with Crippen LogP contribution in [0.2, 0.25) is 5.02 Å². The van der Waals surface area contributed by atoms with Gasteiger partial charge in [-0.2, -0.15) is 0 Å². The van der Waals surface area contributed by atoms with Crippen molar-refractivity contribution >= 4 is 29.1 Å². The van der Waals surface area contributed by atoms with Gasteiger partial charge < -0.3 is 5.73 Å². The maximum Gasteiger partial charge on any atom is 0.0961 e. The Labute approximate surface area is 110 Å². The number of hydrogen-bond donors (Lipinski definition) is 1. The number of hydrogen-bond acceptors (Lipinski definition) is 3. The molecule has 4 heteroatoms. The standard InChI is InChI=1S/C13H13ClN2S/c14-11-5-6-13(16-9-11)17-8-7-10-3-1-2-4-12(10)15/h1-6,9H,7-8,15H2. The van der Waals surface area contributed by atoms with Crippen LogP contribution in [0.15, 0.2) is 47.6 Å². The van der Waals surface area contributed by atoms with Crippen molar-refractivity contribution in [1.29, 1.82) is 0 Å². The van der Waals surface area contributed by atoms with E-state index in [1.807, 2.05) is 30.3 Å². The van der Waals surface area contributed by atoms with Crippen molar-refractivity contribution in [2.45, 2.75) is 11.4 Å². The van der Waals surface area contributed by atoms with Crippen molar-refractivity contribution in [1.82, 2.24) is 4.98 Å². The van der Waals surface area contributed by atoms with E-state index in [0.717, 1.165) is 22.9 Å². The summed E-state index contributed by atoms with van der Waals surface area (Å²) in [6, 6.07) is 11.7. The molecular formula is C13H13ClN2S. The lowest BCUT2D eigenvalue weighted by Gasteiger charge is -2.04. The summed E-state index contributed by atoms with van der Waals surface area (Å²) in [6.45, 7) is 0. The summed E-state index contributed by atoms with van der Waals surface area (Å²) in [7, 11) is 0. The summed E-state index contributed by atoms with van der Waals surface area (Å²) in [5.74, 6) is 0.961. The maximum atomic E-state index is 5.88. The van der Waals surface area contributed by atoms with Gasteiger partial charge in [-0.15, -0.1) is 11.8 Å². The summed E-state index contributed by atoms with van der Waals surface area (Å²) < 4.78 is 0. The van der Waals surface area contributed by atoms with Gasteiger partial charge in [0.05, 0.1) is 10.0 Å². The molecule has 2 rings (SSSR count). The van der Waals surface area contributed by atoms with Gasteiger partial charge in [0.15, 0.2) is 0 Å². The summed E-state index contributed by atoms with van der Waals surface area (Å²) in [5, 5.41) is 1.66. The number of halogens is 1. The number of nitrogens with zero attached hydrogens (tertiary/aromatic N) is 1. The third-order valence-corrected chi connectivity index (χ3v) is 3.55. The summed E-state index contributed by atoms with van der Waals surface area (Å²) >= 11 is 7.48. The van der Waals surface area contributed by atoms with Crippen LogP contribution in [0.1, 0.15) is 5.56 Å². The zero-order chi connectivity index (χ0) is 12.1. The molecule has 0 aliphatic carbocycles. The summed E-state index contributed by atoms with van der Waals surface area (Å²) in [4.78, 5) is 4.23. The van der Waals surface area contributed by atoms with Gasteiger partial charge >= 0.3 is 0 Å². The number of anilines is 1. The van der Waals surface area contributed by atoms with Crippen molar-refractivity contribution in [3.05, 3.63) is 53.2 Å². The third-order valence-electron chi connectivity index (χ3n) is 2.38. The van der Waals surface area contributed by atoms with E-state index in [2.05, 4.69) is 11.1 Å². The number of benzene rings is 1.